The Morgan fingerprint density at radius 2 is 1.37 bits per heavy atom. The second kappa shape index (κ2) is 18.4. The van der Waals surface area contributed by atoms with Crippen molar-refractivity contribution >= 4 is 22.7 Å². The molecule has 0 aliphatic heterocycles. The van der Waals surface area contributed by atoms with Gasteiger partial charge in [0.25, 0.3) is 0 Å². The van der Waals surface area contributed by atoms with Gasteiger partial charge in [-0.2, -0.15) is 0 Å². The molecule has 3 aromatic rings. The summed E-state index contributed by atoms with van der Waals surface area (Å²) in [7, 11) is 0. The number of nitrogens with zero attached hydrogens (tertiary/aromatic N) is 2. The molecule has 0 radical (unpaired) electrons. The van der Waals surface area contributed by atoms with Crippen LogP contribution in [0, 0.1) is 0 Å². The van der Waals surface area contributed by atoms with E-state index in [2.05, 4.69) is 36.2 Å². The summed E-state index contributed by atoms with van der Waals surface area (Å²) in [6.07, 6.45) is 17.2. The maximum absolute atomic E-state index is 13.7. The van der Waals surface area contributed by atoms with Crippen molar-refractivity contribution in [2.75, 3.05) is 13.1 Å². The van der Waals surface area contributed by atoms with Crippen molar-refractivity contribution in [3.8, 4) is 0 Å². The van der Waals surface area contributed by atoms with E-state index in [9.17, 15) is 9.59 Å². The maximum Gasteiger partial charge on any atom is 0.242 e. The second-order valence-corrected chi connectivity index (χ2v) is 11.8. The van der Waals surface area contributed by atoms with Gasteiger partial charge in [-0.05, 0) is 43.9 Å². The van der Waals surface area contributed by atoms with Crippen molar-refractivity contribution in [3.63, 3.8) is 0 Å². The van der Waals surface area contributed by atoms with E-state index >= 15 is 0 Å². The normalized spacial score (nSPS) is 11.3. The predicted molar refractivity (Wildman–Crippen MR) is 172 cm³/mol. The summed E-state index contributed by atoms with van der Waals surface area (Å²) in [4.78, 5) is 33.9. The van der Waals surface area contributed by atoms with Crippen LogP contribution in [0.2, 0.25) is 0 Å². The Morgan fingerprint density at radius 1 is 0.756 bits per heavy atom. The molecule has 0 fully saturated rings. The number of hydrogen-bond donors (Lipinski definition) is 1. The third kappa shape index (κ3) is 11.4. The largest absolute Gasteiger partial charge is 0.361 e. The molecule has 0 bridgehead atoms. The number of amides is 2. The van der Waals surface area contributed by atoms with E-state index in [4.69, 9.17) is 0 Å². The lowest BCUT2D eigenvalue weighted by molar-refractivity contribution is -0.142. The SMILES string of the molecule is CCCCCCCCCCCCCC(=O)N(CC(=O)N(CCc1c[nH]c2ccccc12)Cc1ccccc1)C(C)C. The molecule has 1 N–H and O–H groups in total. The highest BCUT2D eigenvalue weighted by Gasteiger charge is 2.23. The van der Waals surface area contributed by atoms with Crippen molar-refractivity contribution in [1.29, 1.82) is 0 Å². The molecule has 5 nitrogen and oxygen atoms in total. The number of rotatable bonds is 20. The Bertz CT molecular complexity index is 1150. The predicted octanol–water partition coefficient (Wildman–Crippen LogP) is 8.68. The quantitative estimate of drug-likeness (QED) is 0.141. The van der Waals surface area contributed by atoms with Crippen LogP contribution in [0.4, 0.5) is 0 Å². The Labute approximate surface area is 248 Å². The van der Waals surface area contributed by atoms with E-state index in [-0.39, 0.29) is 24.4 Å². The molecule has 0 aliphatic rings. The maximum atomic E-state index is 13.7. The molecular weight excluding hydrogens is 506 g/mol. The van der Waals surface area contributed by atoms with Crippen LogP contribution in [-0.4, -0.2) is 45.7 Å². The number of nitrogens with one attached hydrogen (secondary N) is 1. The van der Waals surface area contributed by atoms with Crippen LogP contribution in [0.25, 0.3) is 10.9 Å². The summed E-state index contributed by atoms with van der Waals surface area (Å²) in [5, 5.41) is 1.20. The van der Waals surface area contributed by atoms with Gasteiger partial charge in [0.05, 0.1) is 6.54 Å². The van der Waals surface area contributed by atoms with Crippen LogP contribution < -0.4 is 0 Å². The molecule has 5 heteroatoms. The average molecular weight is 560 g/mol. The molecule has 0 unspecified atom stereocenters. The number of unbranched alkanes of at least 4 members (excludes halogenated alkanes) is 10. The van der Waals surface area contributed by atoms with Gasteiger partial charge in [0, 0.05) is 42.7 Å². The van der Waals surface area contributed by atoms with Gasteiger partial charge in [0.1, 0.15) is 0 Å². The summed E-state index contributed by atoms with van der Waals surface area (Å²) in [5.74, 6) is 0.107. The molecule has 41 heavy (non-hydrogen) atoms. The van der Waals surface area contributed by atoms with Gasteiger partial charge in [-0.3, -0.25) is 9.59 Å². The molecule has 224 valence electrons. The lowest BCUT2D eigenvalue weighted by Crippen LogP contribution is -2.46. The van der Waals surface area contributed by atoms with Gasteiger partial charge in [-0.1, -0.05) is 120 Å². The molecule has 1 aromatic heterocycles. The highest BCUT2D eigenvalue weighted by Crippen LogP contribution is 2.19. The lowest BCUT2D eigenvalue weighted by Gasteiger charge is -2.30. The average Bonchev–Trinajstić information content (AvgIpc) is 3.40. The first-order valence-electron chi connectivity index (χ1n) is 16.2. The van der Waals surface area contributed by atoms with E-state index in [1.165, 1.54) is 68.7 Å². The van der Waals surface area contributed by atoms with E-state index in [1.54, 1.807) is 4.90 Å². The van der Waals surface area contributed by atoms with Crippen LogP contribution in [0.1, 0.15) is 109 Å². The smallest absolute Gasteiger partial charge is 0.242 e. The molecule has 0 saturated heterocycles. The minimum absolute atomic E-state index is 0.00801. The Morgan fingerprint density at radius 3 is 2.02 bits per heavy atom. The highest BCUT2D eigenvalue weighted by atomic mass is 16.2. The molecular formula is C36H53N3O2. The van der Waals surface area contributed by atoms with Gasteiger partial charge in [-0.15, -0.1) is 0 Å². The fourth-order valence-electron chi connectivity index (χ4n) is 5.58. The minimum atomic E-state index is -0.00801. The lowest BCUT2D eigenvalue weighted by atomic mass is 10.0. The molecule has 0 saturated carbocycles. The van der Waals surface area contributed by atoms with Gasteiger partial charge in [-0.25, -0.2) is 0 Å². The molecule has 2 aromatic carbocycles. The second-order valence-electron chi connectivity index (χ2n) is 11.8. The number of fused-ring (bicyclic) bond motifs is 1. The molecule has 3 rings (SSSR count). The number of H-pyrrole nitrogens is 1. The Hall–Kier alpha value is -3.08. The van der Waals surface area contributed by atoms with Gasteiger partial charge >= 0.3 is 0 Å². The van der Waals surface area contributed by atoms with Crippen LogP contribution in [-0.2, 0) is 22.6 Å². The Balaban J connectivity index is 1.49. The van der Waals surface area contributed by atoms with Crippen molar-refractivity contribution in [3.05, 3.63) is 71.9 Å². The van der Waals surface area contributed by atoms with Gasteiger partial charge < -0.3 is 14.8 Å². The van der Waals surface area contributed by atoms with Crippen LogP contribution in [0.3, 0.4) is 0 Å². The zero-order chi connectivity index (χ0) is 29.3. The minimum Gasteiger partial charge on any atom is -0.361 e. The van der Waals surface area contributed by atoms with Crippen molar-refractivity contribution < 1.29 is 9.59 Å². The van der Waals surface area contributed by atoms with Crippen LogP contribution >= 0.6 is 0 Å². The molecule has 2 amide bonds. The molecule has 1 heterocycles. The number of para-hydroxylation sites is 1. The first-order valence-corrected chi connectivity index (χ1v) is 16.2. The Kier molecular flexibility index (Phi) is 14.5. The monoisotopic (exact) mass is 559 g/mol. The highest BCUT2D eigenvalue weighted by molar-refractivity contribution is 5.85. The fourth-order valence-corrected chi connectivity index (χ4v) is 5.58. The van der Waals surface area contributed by atoms with Crippen LogP contribution in [0.5, 0.6) is 0 Å². The van der Waals surface area contributed by atoms with E-state index < -0.39 is 0 Å². The molecule has 0 spiro atoms. The number of carbonyl (C=O) groups is 2. The third-order valence-electron chi connectivity index (χ3n) is 8.14. The van der Waals surface area contributed by atoms with Gasteiger partial charge in [0.15, 0.2) is 0 Å². The summed E-state index contributed by atoms with van der Waals surface area (Å²) < 4.78 is 0. The fraction of sp³-hybridized carbons (Fsp3) is 0.556. The van der Waals surface area contributed by atoms with E-state index in [1.807, 2.05) is 55.3 Å². The topological polar surface area (TPSA) is 56.4 Å². The number of benzene rings is 2. The number of hydrogen-bond acceptors (Lipinski definition) is 2. The van der Waals surface area contributed by atoms with Crippen LogP contribution in [0.15, 0.2) is 60.8 Å². The summed E-state index contributed by atoms with van der Waals surface area (Å²) in [6.45, 7) is 7.57. The number of carbonyl (C=O) groups excluding carboxylic acids is 2. The van der Waals surface area contributed by atoms with E-state index in [0.717, 1.165) is 30.3 Å². The van der Waals surface area contributed by atoms with E-state index in [0.29, 0.717) is 19.5 Å². The first-order chi connectivity index (χ1) is 20.0. The summed E-state index contributed by atoms with van der Waals surface area (Å²) >= 11 is 0. The zero-order valence-corrected chi connectivity index (χ0v) is 25.9. The molecule has 0 atom stereocenters. The first kappa shape index (κ1) is 32.4. The zero-order valence-electron chi connectivity index (χ0n) is 25.9. The van der Waals surface area contributed by atoms with Crippen molar-refractivity contribution in [2.24, 2.45) is 0 Å². The van der Waals surface area contributed by atoms with Crippen molar-refractivity contribution in [2.45, 2.75) is 117 Å². The van der Waals surface area contributed by atoms with Crippen molar-refractivity contribution in [1.82, 2.24) is 14.8 Å². The standard InChI is InChI=1S/C36H53N3O2/c1-4-5-6-7-8-9-10-11-12-13-17-24-35(40)39(30(2)3)29-36(41)38(28-31-20-15-14-16-21-31)26-25-32-27-37-34-23-19-18-22-33(32)34/h14-16,18-23,27,30,37H,4-13,17,24-26,28-29H2,1-3H3. The molecule has 0 aliphatic carbocycles. The summed E-state index contributed by atoms with van der Waals surface area (Å²) in [6, 6.07) is 18.4. The number of aromatic nitrogens is 1. The third-order valence-corrected chi connectivity index (χ3v) is 8.14. The summed E-state index contributed by atoms with van der Waals surface area (Å²) in [5.41, 5.74) is 3.42. The van der Waals surface area contributed by atoms with Gasteiger partial charge in [0.2, 0.25) is 11.8 Å². The number of aromatic amines is 1.